The SMILES string of the molecule is CC(C)(C)c1cc(C(N(C(=O)c2cccc(F)c2)c2ccccc2)P(=O)(O)CCc2ccncc2)cc(C(C)(C)C)c1O. The van der Waals surface area contributed by atoms with E-state index < -0.39 is 35.7 Å². The summed E-state index contributed by atoms with van der Waals surface area (Å²) < 4.78 is 29.1. The van der Waals surface area contributed by atoms with E-state index in [1.807, 2.05) is 41.5 Å². The number of phenols is 1. The zero-order valence-electron chi connectivity index (χ0n) is 25.6. The van der Waals surface area contributed by atoms with Crippen LogP contribution in [0.1, 0.15) is 79.9 Å². The highest BCUT2D eigenvalue weighted by Crippen LogP contribution is 2.60. The van der Waals surface area contributed by atoms with E-state index in [2.05, 4.69) is 4.98 Å². The Morgan fingerprint density at radius 2 is 1.47 bits per heavy atom. The van der Waals surface area contributed by atoms with Crippen molar-refractivity contribution >= 4 is 19.0 Å². The van der Waals surface area contributed by atoms with Gasteiger partial charge in [-0.15, -0.1) is 0 Å². The number of rotatable bonds is 8. The van der Waals surface area contributed by atoms with E-state index in [1.165, 1.54) is 23.1 Å². The molecule has 2 atom stereocenters. The lowest BCUT2D eigenvalue weighted by Gasteiger charge is -2.37. The van der Waals surface area contributed by atoms with Crippen molar-refractivity contribution in [2.45, 2.75) is 64.6 Å². The van der Waals surface area contributed by atoms with Crippen LogP contribution in [0.4, 0.5) is 10.1 Å². The molecule has 0 aliphatic heterocycles. The molecule has 0 saturated heterocycles. The van der Waals surface area contributed by atoms with Gasteiger partial charge in [0.05, 0.1) is 0 Å². The Labute approximate surface area is 253 Å². The second kappa shape index (κ2) is 12.4. The van der Waals surface area contributed by atoms with Crippen LogP contribution in [-0.4, -0.2) is 27.1 Å². The Morgan fingerprint density at radius 1 is 0.884 bits per heavy atom. The first-order valence-electron chi connectivity index (χ1n) is 14.3. The lowest BCUT2D eigenvalue weighted by molar-refractivity contribution is 0.0981. The highest BCUT2D eigenvalue weighted by molar-refractivity contribution is 7.58. The largest absolute Gasteiger partial charge is 0.507 e. The van der Waals surface area contributed by atoms with Crippen molar-refractivity contribution in [1.82, 2.24) is 4.98 Å². The van der Waals surface area contributed by atoms with Crippen molar-refractivity contribution in [2.75, 3.05) is 11.1 Å². The Morgan fingerprint density at radius 3 is 2.00 bits per heavy atom. The molecule has 0 spiro atoms. The number of aryl methyl sites for hydroxylation is 1. The van der Waals surface area contributed by atoms with Gasteiger partial charge in [0.1, 0.15) is 17.3 Å². The lowest BCUT2D eigenvalue weighted by atomic mass is 9.78. The number of aromatic hydroxyl groups is 1. The molecular weight excluding hydrogens is 562 g/mol. The van der Waals surface area contributed by atoms with Gasteiger partial charge in [-0.2, -0.15) is 0 Å². The summed E-state index contributed by atoms with van der Waals surface area (Å²) in [5.41, 5.74) is 1.84. The fourth-order valence-corrected chi connectivity index (χ4v) is 7.23. The molecule has 0 fully saturated rings. The minimum Gasteiger partial charge on any atom is -0.507 e. The Kier molecular flexibility index (Phi) is 9.29. The van der Waals surface area contributed by atoms with Crippen molar-refractivity contribution in [3.63, 3.8) is 0 Å². The van der Waals surface area contributed by atoms with E-state index in [4.69, 9.17) is 0 Å². The van der Waals surface area contributed by atoms with Gasteiger partial charge in [0.15, 0.2) is 0 Å². The van der Waals surface area contributed by atoms with Gasteiger partial charge in [-0.25, -0.2) is 4.39 Å². The van der Waals surface area contributed by atoms with Crippen LogP contribution in [0.3, 0.4) is 0 Å². The van der Waals surface area contributed by atoms with Gasteiger partial charge in [0, 0.05) is 29.8 Å². The lowest BCUT2D eigenvalue weighted by Crippen LogP contribution is -2.36. The van der Waals surface area contributed by atoms with Crippen LogP contribution < -0.4 is 4.90 Å². The first-order valence-corrected chi connectivity index (χ1v) is 16.2. The smallest absolute Gasteiger partial charge is 0.259 e. The third-order valence-electron chi connectivity index (χ3n) is 7.47. The van der Waals surface area contributed by atoms with Gasteiger partial charge in [0.2, 0.25) is 7.37 Å². The van der Waals surface area contributed by atoms with Crippen LogP contribution in [0.2, 0.25) is 0 Å². The van der Waals surface area contributed by atoms with Gasteiger partial charge >= 0.3 is 0 Å². The monoisotopic (exact) mass is 602 g/mol. The average Bonchev–Trinajstić information content (AvgIpc) is 2.94. The van der Waals surface area contributed by atoms with Gasteiger partial charge in [-0.1, -0.05) is 65.8 Å². The summed E-state index contributed by atoms with van der Waals surface area (Å²) in [6.07, 6.45) is 3.41. The molecule has 4 aromatic rings. The van der Waals surface area contributed by atoms with E-state index in [1.54, 1.807) is 67.0 Å². The number of anilines is 1. The molecule has 0 saturated carbocycles. The molecule has 6 nitrogen and oxygen atoms in total. The zero-order valence-corrected chi connectivity index (χ0v) is 26.5. The van der Waals surface area contributed by atoms with E-state index in [9.17, 15) is 23.7 Å². The second-order valence-corrected chi connectivity index (χ2v) is 15.4. The normalized spacial score (nSPS) is 14.1. The molecule has 2 N–H and O–H groups in total. The van der Waals surface area contributed by atoms with Crippen LogP contribution in [0.5, 0.6) is 5.75 Å². The topological polar surface area (TPSA) is 90.7 Å². The Hall–Kier alpha value is -3.80. The molecule has 0 radical (unpaired) electrons. The van der Waals surface area contributed by atoms with E-state index in [0.717, 1.165) is 11.6 Å². The van der Waals surface area contributed by atoms with Crippen LogP contribution in [0.25, 0.3) is 0 Å². The molecular formula is C35H40FN2O4P. The van der Waals surface area contributed by atoms with Gasteiger partial charge in [-0.3, -0.25) is 19.2 Å². The molecule has 1 aromatic heterocycles. The highest BCUT2D eigenvalue weighted by atomic mass is 31.2. The molecule has 226 valence electrons. The number of para-hydroxylation sites is 1. The highest BCUT2D eigenvalue weighted by Gasteiger charge is 2.42. The molecule has 2 unspecified atom stereocenters. The molecule has 1 heterocycles. The minimum absolute atomic E-state index is 0.0499. The third-order valence-corrected chi connectivity index (χ3v) is 9.63. The number of hydrogen-bond donors (Lipinski definition) is 2. The van der Waals surface area contributed by atoms with Gasteiger partial charge < -0.3 is 10.00 Å². The zero-order chi connectivity index (χ0) is 31.6. The van der Waals surface area contributed by atoms with Crippen molar-refractivity contribution in [3.8, 4) is 5.75 Å². The molecule has 3 aromatic carbocycles. The number of amides is 1. The average molecular weight is 603 g/mol. The summed E-state index contributed by atoms with van der Waals surface area (Å²) in [4.78, 5) is 31.7. The number of carbonyl (C=O) groups is 1. The first kappa shape index (κ1) is 32.1. The number of phenolic OH excluding ortho intramolecular Hbond substituents is 1. The number of pyridine rings is 1. The van der Waals surface area contributed by atoms with Crippen molar-refractivity contribution in [1.29, 1.82) is 0 Å². The summed E-state index contributed by atoms with van der Waals surface area (Å²) in [7, 11) is -4.25. The van der Waals surface area contributed by atoms with Crippen LogP contribution in [0.15, 0.2) is 91.3 Å². The number of nitrogens with zero attached hydrogens (tertiary/aromatic N) is 2. The first-order chi connectivity index (χ1) is 20.1. The summed E-state index contributed by atoms with van der Waals surface area (Å²) in [6, 6.07) is 21.0. The third kappa shape index (κ3) is 7.41. The second-order valence-electron chi connectivity index (χ2n) is 12.9. The molecule has 0 aliphatic carbocycles. The number of benzene rings is 3. The van der Waals surface area contributed by atoms with E-state index in [-0.39, 0.29) is 23.9 Å². The molecule has 0 aliphatic rings. The fraction of sp³-hybridized carbons (Fsp3) is 0.314. The van der Waals surface area contributed by atoms with Gasteiger partial charge in [-0.05, 0) is 94.1 Å². The van der Waals surface area contributed by atoms with Crippen molar-refractivity contribution in [2.24, 2.45) is 0 Å². The molecule has 0 bridgehead atoms. The maximum Gasteiger partial charge on any atom is 0.259 e. The van der Waals surface area contributed by atoms with Crippen LogP contribution in [-0.2, 0) is 21.8 Å². The summed E-state index contributed by atoms with van der Waals surface area (Å²) >= 11 is 0. The molecule has 43 heavy (non-hydrogen) atoms. The van der Waals surface area contributed by atoms with Gasteiger partial charge in [0.25, 0.3) is 5.91 Å². The Bertz CT molecular complexity index is 1590. The summed E-state index contributed by atoms with van der Waals surface area (Å²) in [5, 5.41) is 11.4. The van der Waals surface area contributed by atoms with E-state index >= 15 is 0 Å². The molecule has 4 rings (SSSR count). The maximum atomic E-state index is 14.7. The number of carbonyl (C=O) groups excluding carboxylic acids is 1. The maximum absolute atomic E-state index is 14.7. The minimum atomic E-state index is -4.25. The fourth-order valence-electron chi connectivity index (χ4n) is 5.19. The van der Waals surface area contributed by atoms with E-state index in [0.29, 0.717) is 22.4 Å². The molecule has 1 amide bonds. The number of hydrogen-bond acceptors (Lipinski definition) is 4. The predicted molar refractivity (Wildman–Crippen MR) is 171 cm³/mol. The quantitative estimate of drug-likeness (QED) is 0.198. The van der Waals surface area contributed by atoms with Crippen molar-refractivity contribution in [3.05, 3.63) is 125 Å². The van der Waals surface area contributed by atoms with Crippen molar-refractivity contribution < 1.29 is 23.7 Å². The predicted octanol–water partition coefficient (Wildman–Crippen LogP) is 8.38. The number of halogens is 1. The van der Waals surface area contributed by atoms with Crippen LogP contribution >= 0.6 is 7.37 Å². The van der Waals surface area contributed by atoms with Crippen LogP contribution in [0, 0.1) is 5.82 Å². The standard InChI is InChI=1S/C35H40FN2O4P/c1-34(2,3)29-22-26(23-30(31(29)39)35(4,5)6)33(43(41,42)20-17-24-15-18-37-19-16-24)38(28-13-8-7-9-14-28)32(40)25-11-10-12-27(36)21-25/h7-16,18-19,21-23,33,39H,17,20H2,1-6H3,(H,41,42). The summed E-state index contributed by atoms with van der Waals surface area (Å²) in [5.74, 6) is -2.42. The number of aromatic nitrogens is 1. The Balaban J connectivity index is 2.02. The molecule has 8 heteroatoms. The summed E-state index contributed by atoms with van der Waals surface area (Å²) in [6.45, 7) is 11.8.